The Labute approximate surface area is 183 Å². The lowest BCUT2D eigenvalue weighted by Crippen LogP contribution is -2.30. The lowest BCUT2D eigenvalue weighted by Gasteiger charge is -2.11. The fourth-order valence-electron chi connectivity index (χ4n) is 2.63. The zero-order valence-electron chi connectivity index (χ0n) is 15.4. The van der Waals surface area contributed by atoms with Crippen LogP contribution >= 0.6 is 27.5 Å². The summed E-state index contributed by atoms with van der Waals surface area (Å²) in [4.78, 5) is 12.1. The number of nitrogens with one attached hydrogen (secondary N) is 1. The van der Waals surface area contributed by atoms with Crippen molar-refractivity contribution in [2.75, 3.05) is 13.2 Å². The first-order chi connectivity index (χ1) is 14.3. The minimum atomic E-state index is -4.67. The molecule has 2 aromatic carbocycles. The van der Waals surface area contributed by atoms with E-state index in [1.807, 2.05) is 24.3 Å². The van der Waals surface area contributed by atoms with Crippen LogP contribution in [0, 0.1) is 0 Å². The van der Waals surface area contributed by atoms with Gasteiger partial charge in [-0.1, -0.05) is 57.9 Å². The van der Waals surface area contributed by atoms with Crippen LogP contribution in [-0.4, -0.2) is 28.8 Å². The van der Waals surface area contributed by atoms with Crippen molar-refractivity contribution in [3.05, 3.63) is 75.4 Å². The minimum absolute atomic E-state index is 0.192. The van der Waals surface area contributed by atoms with Gasteiger partial charge < -0.3 is 10.1 Å². The highest BCUT2D eigenvalue weighted by atomic mass is 79.9. The highest BCUT2D eigenvalue weighted by molar-refractivity contribution is 9.10. The molecule has 1 heterocycles. The van der Waals surface area contributed by atoms with Crippen molar-refractivity contribution in [1.29, 1.82) is 0 Å². The predicted octanol–water partition coefficient (Wildman–Crippen LogP) is 5.04. The number of carbonyl (C=O) groups excluding carboxylic acids is 1. The van der Waals surface area contributed by atoms with E-state index in [-0.39, 0.29) is 16.6 Å². The minimum Gasteiger partial charge on any atom is -0.467 e. The van der Waals surface area contributed by atoms with Crippen LogP contribution in [0.3, 0.4) is 0 Å². The van der Waals surface area contributed by atoms with Gasteiger partial charge in [-0.15, -0.1) is 0 Å². The quantitative estimate of drug-likeness (QED) is 0.492. The maximum absolute atomic E-state index is 13.1. The van der Waals surface area contributed by atoms with E-state index in [1.165, 1.54) is 12.1 Å². The van der Waals surface area contributed by atoms with Crippen molar-refractivity contribution in [2.24, 2.45) is 0 Å². The molecule has 3 rings (SSSR count). The Bertz CT molecular complexity index is 1040. The van der Waals surface area contributed by atoms with Crippen LogP contribution in [0.2, 0.25) is 5.02 Å². The van der Waals surface area contributed by atoms with E-state index >= 15 is 0 Å². The van der Waals surface area contributed by atoms with Gasteiger partial charge in [-0.05, 0) is 30.2 Å². The number of halogens is 5. The second kappa shape index (κ2) is 9.53. The third-order valence-electron chi connectivity index (χ3n) is 4.07. The molecule has 1 amide bonds. The number of hydrogen-bond acceptors (Lipinski definition) is 3. The van der Waals surface area contributed by atoms with E-state index in [0.717, 1.165) is 20.8 Å². The van der Waals surface area contributed by atoms with Crippen LogP contribution in [-0.2, 0) is 17.4 Å². The number of hydrogen-bond donors (Lipinski definition) is 1. The van der Waals surface area contributed by atoms with Crippen LogP contribution in [0.15, 0.2) is 59.1 Å². The molecule has 0 aliphatic heterocycles. The normalized spacial score (nSPS) is 11.4. The molecule has 0 spiro atoms. The number of aromatic nitrogens is 2. The van der Waals surface area contributed by atoms with Gasteiger partial charge in [-0.2, -0.15) is 23.0 Å². The summed E-state index contributed by atoms with van der Waals surface area (Å²) in [7, 11) is 0. The molecule has 0 bridgehead atoms. The van der Waals surface area contributed by atoms with Gasteiger partial charge in [-0.3, -0.25) is 4.79 Å². The summed E-state index contributed by atoms with van der Waals surface area (Å²) in [5.41, 5.74) is 0.0797. The molecule has 1 N–H and O–H groups in total. The van der Waals surface area contributed by atoms with E-state index in [4.69, 9.17) is 16.3 Å². The summed E-state index contributed by atoms with van der Waals surface area (Å²) in [6.45, 7) is -0.119. The maximum Gasteiger partial charge on any atom is 0.435 e. The molecule has 3 aromatic rings. The zero-order valence-corrected chi connectivity index (χ0v) is 17.8. The number of carbonyl (C=O) groups is 1. The van der Waals surface area contributed by atoms with Crippen LogP contribution in [0.5, 0.6) is 5.88 Å². The van der Waals surface area contributed by atoms with Gasteiger partial charge in [0.15, 0.2) is 12.3 Å². The van der Waals surface area contributed by atoms with Gasteiger partial charge in [-0.25, -0.2) is 0 Å². The summed E-state index contributed by atoms with van der Waals surface area (Å²) in [5.74, 6) is -0.709. The third-order valence-corrected chi connectivity index (χ3v) is 5.17. The van der Waals surface area contributed by atoms with Crippen molar-refractivity contribution in [1.82, 2.24) is 15.1 Å². The number of alkyl halides is 3. The van der Waals surface area contributed by atoms with Crippen LogP contribution in [0.25, 0.3) is 5.69 Å². The van der Waals surface area contributed by atoms with E-state index in [0.29, 0.717) is 13.0 Å². The first-order valence-corrected chi connectivity index (χ1v) is 9.98. The molecule has 0 aliphatic rings. The number of nitrogens with zero attached hydrogens (tertiary/aromatic N) is 2. The monoisotopic (exact) mass is 501 g/mol. The summed E-state index contributed by atoms with van der Waals surface area (Å²) in [6, 6.07) is 14.6. The number of amides is 1. The largest absolute Gasteiger partial charge is 0.467 e. The van der Waals surface area contributed by atoms with Gasteiger partial charge in [0.25, 0.3) is 5.91 Å². The SMILES string of the molecule is O=C(COc1cc(C(F)(F)F)nn1-c1ccccc1Cl)NCCc1ccccc1Br. The van der Waals surface area contributed by atoms with Crippen LogP contribution in [0.4, 0.5) is 13.2 Å². The molecule has 0 fully saturated rings. The molecule has 0 aliphatic carbocycles. The molecule has 1 aromatic heterocycles. The average Bonchev–Trinajstić information content (AvgIpc) is 3.13. The summed E-state index contributed by atoms with van der Waals surface area (Å²) in [6.07, 6.45) is -4.08. The average molecular weight is 503 g/mol. The van der Waals surface area contributed by atoms with E-state index in [1.54, 1.807) is 12.1 Å². The van der Waals surface area contributed by atoms with Crippen molar-refractivity contribution in [2.45, 2.75) is 12.6 Å². The van der Waals surface area contributed by atoms with Gasteiger partial charge in [0.2, 0.25) is 5.88 Å². The van der Waals surface area contributed by atoms with E-state index < -0.39 is 24.4 Å². The second-order valence-electron chi connectivity index (χ2n) is 6.21. The smallest absolute Gasteiger partial charge is 0.435 e. The van der Waals surface area contributed by atoms with E-state index in [2.05, 4.69) is 26.3 Å². The van der Waals surface area contributed by atoms with Gasteiger partial charge in [0.1, 0.15) is 0 Å². The molecule has 0 saturated carbocycles. The van der Waals surface area contributed by atoms with Crippen molar-refractivity contribution in [3.63, 3.8) is 0 Å². The fraction of sp³-hybridized carbons (Fsp3) is 0.200. The Morgan fingerprint density at radius 1 is 1.17 bits per heavy atom. The van der Waals surface area contributed by atoms with E-state index in [9.17, 15) is 18.0 Å². The zero-order chi connectivity index (χ0) is 21.7. The molecule has 10 heteroatoms. The Hall–Kier alpha value is -2.52. The van der Waals surface area contributed by atoms with Crippen LogP contribution < -0.4 is 10.1 Å². The molecule has 5 nitrogen and oxygen atoms in total. The van der Waals surface area contributed by atoms with Gasteiger partial charge in [0.05, 0.1) is 10.7 Å². The molecule has 0 atom stereocenters. The standard InChI is InChI=1S/C20H16BrClF3N3O2/c21-14-6-2-1-5-13(14)9-10-26-18(29)12-30-19-11-17(20(23,24)25)27-28(19)16-8-4-3-7-15(16)22/h1-8,11H,9-10,12H2,(H,26,29). The summed E-state index contributed by atoms with van der Waals surface area (Å²) in [5, 5.41) is 6.41. The highest BCUT2D eigenvalue weighted by Gasteiger charge is 2.36. The lowest BCUT2D eigenvalue weighted by molar-refractivity contribution is -0.141. The molecule has 158 valence electrons. The first kappa shape index (κ1) is 22.2. The van der Waals surface area contributed by atoms with Crippen molar-refractivity contribution < 1.29 is 22.7 Å². The summed E-state index contributed by atoms with van der Waals surface area (Å²) < 4.78 is 46.5. The number of rotatable bonds is 7. The molecule has 0 saturated heterocycles. The summed E-state index contributed by atoms with van der Waals surface area (Å²) >= 11 is 9.50. The van der Waals surface area contributed by atoms with Gasteiger partial charge in [0, 0.05) is 17.1 Å². The third kappa shape index (κ3) is 5.54. The molecule has 0 radical (unpaired) electrons. The lowest BCUT2D eigenvalue weighted by atomic mass is 10.1. The number of benzene rings is 2. The van der Waals surface area contributed by atoms with Crippen LogP contribution in [0.1, 0.15) is 11.3 Å². The predicted molar refractivity (Wildman–Crippen MR) is 110 cm³/mol. The number of para-hydroxylation sites is 1. The molecule has 0 unspecified atom stereocenters. The first-order valence-electron chi connectivity index (χ1n) is 8.81. The molecular weight excluding hydrogens is 487 g/mol. The second-order valence-corrected chi connectivity index (χ2v) is 7.47. The maximum atomic E-state index is 13.1. The van der Waals surface area contributed by atoms with Crippen molar-refractivity contribution >= 4 is 33.4 Å². The Balaban J connectivity index is 1.67. The Kier molecular flexibility index (Phi) is 7.04. The highest BCUT2D eigenvalue weighted by Crippen LogP contribution is 2.33. The number of ether oxygens (including phenoxy) is 1. The van der Waals surface area contributed by atoms with Crippen molar-refractivity contribution in [3.8, 4) is 11.6 Å². The fourth-order valence-corrected chi connectivity index (χ4v) is 3.33. The Morgan fingerprint density at radius 3 is 2.57 bits per heavy atom. The molecular formula is C20H16BrClF3N3O2. The Morgan fingerprint density at radius 2 is 1.87 bits per heavy atom. The van der Waals surface area contributed by atoms with Gasteiger partial charge >= 0.3 is 6.18 Å². The topological polar surface area (TPSA) is 56.1 Å². The molecule has 30 heavy (non-hydrogen) atoms.